The molecule has 1 rings (SSSR count). The van der Waals surface area contributed by atoms with Crippen molar-refractivity contribution in [3.63, 3.8) is 0 Å². The van der Waals surface area contributed by atoms with Crippen molar-refractivity contribution < 1.29 is 4.79 Å². The highest BCUT2D eigenvalue weighted by Gasteiger charge is 2.11. The van der Waals surface area contributed by atoms with Crippen LogP contribution in [-0.2, 0) is 11.3 Å². The minimum Gasteiger partial charge on any atom is -0.338 e. The van der Waals surface area contributed by atoms with E-state index in [-0.39, 0.29) is 12.5 Å². The first-order chi connectivity index (χ1) is 7.72. The van der Waals surface area contributed by atoms with E-state index in [9.17, 15) is 4.79 Å². The fourth-order valence-corrected chi connectivity index (χ4v) is 1.48. The zero-order valence-corrected chi connectivity index (χ0v) is 9.31. The quantitative estimate of drug-likeness (QED) is 0.813. The number of nitrogens with two attached hydrogens (primary N) is 1. The topological polar surface area (TPSA) is 70.1 Å². The van der Waals surface area contributed by atoms with E-state index < -0.39 is 0 Å². The number of likely N-dealkylation sites (N-methyl/N-ethyl adjacent to an activating group) is 1. The van der Waals surface area contributed by atoms with Gasteiger partial charge in [0, 0.05) is 13.1 Å². The van der Waals surface area contributed by atoms with E-state index in [2.05, 4.69) is 6.07 Å². The van der Waals surface area contributed by atoms with Crippen LogP contribution in [0.25, 0.3) is 0 Å². The van der Waals surface area contributed by atoms with Crippen LogP contribution in [0.3, 0.4) is 0 Å². The average Bonchev–Trinajstić information content (AvgIpc) is 2.35. The first-order valence-electron chi connectivity index (χ1n) is 5.18. The van der Waals surface area contributed by atoms with Gasteiger partial charge < -0.3 is 10.6 Å². The van der Waals surface area contributed by atoms with E-state index in [0.29, 0.717) is 18.7 Å². The molecule has 1 aromatic carbocycles. The number of carbonyl (C=O) groups excluding carboxylic acids is 1. The summed E-state index contributed by atoms with van der Waals surface area (Å²) in [4.78, 5) is 13.1. The summed E-state index contributed by atoms with van der Waals surface area (Å²) in [6, 6.07) is 9.38. The van der Waals surface area contributed by atoms with Crippen molar-refractivity contribution in [1.82, 2.24) is 4.90 Å². The van der Waals surface area contributed by atoms with E-state index in [1.165, 1.54) is 0 Å². The van der Waals surface area contributed by atoms with Gasteiger partial charge in [-0.3, -0.25) is 4.79 Å². The summed E-state index contributed by atoms with van der Waals surface area (Å²) in [5.41, 5.74) is 6.77. The zero-order chi connectivity index (χ0) is 12.0. The average molecular weight is 217 g/mol. The van der Waals surface area contributed by atoms with Crippen molar-refractivity contribution in [3.05, 3.63) is 35.4 Å². The Balaban J connectivity index is 2.86. The minimum absolute atomic E-state index is 0.00254. The van der Waals surface area contributed by atoms with Crippen LogP contribution < -0.4 is 5.73 Å². The van der Waals surface area contributed by atoms with Crippen LogP contribution >= 0.6 is 0 Å². The lowest BCUT2D eigenvalue weighted by atomic mass is 10.1. The molecule has 4 nitrogen and oxygen atoms in total. The van der Waals surface area contributed by atoms with Gasteiger partial charge in [0.2, 0.25) is 5.91 Å². The number of hydrogen-bond donors (Lipinski definition) is 1. The van der Waals surface area contributed by atoms with Gasteiger partial charge in [0.25, 0.3) is 0 Å². The number of hydrogen-bond acceptors (Lipinski definition) is 3. The third-order valence-corrected chi connectivity index (χ3v) is 2.41. The summed E-state index contributed by atoms with van der Waals surface area (Å²) < 4.78 is 0. The number of carbonyl (C=O) groups is 1. The highest BCUT2D eigenvalue weighted by atomic mass is 16.2. The molecule has 84 valence electrons. The summed E-state index contributed by atoms with van der Waals surface area (Å²) in [6.07, 6.45) is 0. The van der Waals surface area contributed by atoms with Gasteiger partial charge in [-0.15, -0.1) is 0 Å². The number of amides is 1. The molecule has 0 heterocycles. The molecule has 0 radical (unpaired) electrons. The van der Waals surface area contributed by atoms with E-state index in [0.717, 1.165) is 5.56 Å². The fourth-order valence-electron chi connectivity index (χ4n) is 1.48. The van der Waals surface area contributed by atoms with Crippen molar-refractivity contribution in [2.24, 2.45) is 5.73 Å². The predicted molar refractivity (Wildman–Crippen MR) is 61.3 cm³/mol. The summed E-state index contributed by atoms with van der Waals surface area (Å²) >= 11 is 0. The number of nitriles is 1. The smallest absolute Gasteiger partial charge is 0.236 e. The molecule has 1 aromatic rings. The van der Waals surface area contributed by atoms with E-state index >= 15 is 0 Å². The first-order valence-corrected chi connectivity index (χ1v) is 5.18. The van der Waals surface area contributed by atoms with Crippen LogP contribution in [0.15, 0.2) is 24.3 Å². The second kappa shape index (κ2) is 5.89. The van der Waals surface area contributed by atoms with Crippen LogP contribution in [0, 0.1) is 11.3 Å². The van der Waals surface area contributed by atoms with Crippen molar-refractivity contribution in [1.29, 1.82) is 5.26 Å². The van der Waals surface area contributed by atoms with Gasteiger partial charge in [-0.2, -0.15) is 5.26 Å². The molecule has 2 N–H and O–H groups in total. The molecule has 16 heavy (non-hydrogen) atoms. The maximum Gasteiger partial charge on any atom is 0.236 e. The standard InChI is InChI=1S/C12H15N3O/c1-2-15(12(16)8-14)9-11-6-4-3-5-10(11)7-13/h3-6H,2,8-9,14H2,1H3. The Labute approximate surface area is 95.3 Å². The molecule has 0 spiro atoms. The Morgan fingerprint density at radius 2 is 2.19 bits per heavy atom. The highest BCUT2D eigenvalue weighted by molar-refractivity contribution is 5.78. The van der Waals surface area contributed by atoms with E-state index in [1.807, 2.05) is 25.1 Å². The van der Waals surface area contributed by atoms with Gasteiger partial charge in [-0.05, 0) is 18.6 Å². The fraction of sp³-hybridized carbons (Fsp3) is 0.333. The Morgan fingerprint density at radius 3 is 2.75 bits per heavy atom. The predicted octanol–water partition coefficient (Wildman–Crippen LogP) is 0.865. The summed E-state index contributed by atoms with van der Waals surface area (Å²) in [5, 5.41) is 8.92. The van der Waals surface area contributed by atoms with Crippen LogP contribution in [0.5, 0.6) is 0 Å². The summed E-state index contributed by atoms with van der Waals surface area (Å²) in [6.45, 7) is 2.93. The molecular weight excluding hydrogens is 202 g/mol. The van der Waals surface area contributed by atoms with Gasteiger partial charge >= 0.3 is 0 Å². The molecule has 0 aromatic heterocycles. The second-order valence-corrected chi connectivity index (χ2v) is 3.38. The molecule has 0 saturated carbocycles. The molecule has 0 unspecified atom stereocenters. The third-order valence-electron chi connectivity index (χ3n) is 2.41. The highest BCUT2D eigenvalue weighted by Crippen LogP contribution is 2.10. The van der Waals surface area contributed by atoms with Crippen LogP contribution in [-0.4, -0.2) is 23.9 Å². The summed E-state index contributed by atoms with van der Waals surface area (Å²) in [5.74, 6) is -0.102. The number of nitrogens with zero attached hydrogens (tertiary/aromatic N) is 2. The normalized spacial score (nSPS) is 9.56. The van der Waals surface area contributed by atoms with Crippen LogP contribution in [0.1, 0.15) is 18.1 Å². The van der Waals surface area contributed by atoms with Crippen molar-refractivity contribution in [3.8, 4) is 6.07 Å². The molecule has 0 saturated heterocycles. The molecule has 0 fully saturated rings. The van der Waals surface area contributed by atoms with Gasteiger partial charge in [-0.1, -0.05) is 18.2 Å². The Kier molecular flexibility index (Phi) is 4.49. The molecule has 0 aliphatic rings. The molecule has 0 atom stereocenters. The van der Waals surface area contributed by atoms with Gasteiger partial charge in [0.15, 0.2) is 0 Å². The lowest BCUT2D eigenvalue weighted by molar-refractivity contribution is -0.130. The lowest BCUT2D eigenvalue weighted by Gasteiger charge is -2.20. The molecule has 0 aliphatic carbocycles. The maximum absolute atomic E-state index is 11.5. The molecule has 0 aliphatic heterocycles. The third kappa shape index (κ3) is 2.81. The first kappa shape index (κ1) is 12.2. The Hall–Kier alpha value is -1.86. The molecule has 0 bridgehead atoms. The molecule has 4 heteroatoms. The largest absolute Gasteiger partial charge is 0.338 e. The van der Waals surface area contributed by atoms with Crippen molar-refractivity contribution in [2.45, 2.75) is 13.5 Å². The van der Waals surface area contributed by atoms with Gasteiger partial charge in [0.1, 0.15) is 0 Å². The lowest BCUT2D eigenvalue weighted by Crippen LogP contribution is -2.35. The SMILES string of the molecule is CCN(Cc1ccccc1C#N)C(=O)CN. The monoisotopic (exact) mass is 217 g/mol. The molecular formula is C12H15N3O. The second-order valence-electron chi connectivity index (χ2n) is 3.38. The number of rotatable bonds is 4. The van der Waals surface area contributed by atoms with Crippen molar-refractivity contribution >= 4 is 5.91 Å². The van der Waals surface area contributed by atoms with Gasteiger partial charge in [0.05, 0.1) is 18.2 Å². The number of benzene rings is 1. The maximum atomic E-state index is 11.5. The van der Waals surface area contributed by atoms with Crippen LogP contribution in [0.4, 0.5) is 0 Å². The van der Waals surface area contributed by atoms with E-state index in [1.54, 1.807) is 11.0 Å². The zero-order valence-electron chi connectivity index (χ0n) is 9.31. The Bertz CT molecular complexity index is 409. The molecule has 1 amide bonds. The Morgan fingerprint density at radius 1 is 1.50 bits per heavy atom. The summed E-state index contributed by atoms with van der Waals surface area (Å²) in [7, 11) is 0. The van der Waals surface area contributed by atoms with E-state index in [4.69, 9.17) is 11.0 Å². The van der Waals surface area contributed by atoms with Crippen LogP contribution in [0.2, 0.25) is 0 Å². The van der Waals surface area contributed by atoms with Gasteiger partial charge in [-0.25, -0.2) is 0 Å². The minimum atomic E-state index is -0.102. The van der Waals surface area contributed by atoms with Crippen molar-refractivity contribution in [2.75, 3.05) is 13.1 Å².